The van der Waals surface area contributed by atoms with E-state index in [1.54, 1.807) is 13.2 Å². The van der Waals surface area contributed by atoms with Crippen LogP contribution in [-0.2, 0) is 11.2 Å². The molecule has 4 nitrogen and oxygen atoms in total. The molecule has 4 heteroatoms. The number of benzene rings is 1. The highest BCUT2D eigenvalue weighted by Gasteiger charge is 2.23. The molecule has 0 aliphatic carbocycles. The largest absolute Gasteiger partial charge is 0.493 e. The van der Waals surface area contributed by atoms with E-state index in [4.69, 9.17) is 9.47 Å². The van der Waals surface area contributed by atoms with Crippen LogP contribution in [0, 0.1) is 5.92 Å². The average molecular weight is 275 g/mol. The number of allylic oxidation sites excluding steroid dienone is 1. The number of ether oxygens (including phenoxy) is 2. The van der Waals surface area contributed by atoms with Crippen molar-refractivity contribution in [1.29, 1.82) is 0 Å². The van der Waals surface area contributed by atoms with E-state index >= 15 is 0 Å². The molecule has 0 aromatic heterocycles. The van der Waals surface area contributed by atoms with Gasteiger partial charge in [0.15, 0.2) is 11.5 Å². The van der Waals surface area contributed by atoms with E-state index < -0.39 is 0 Å². The summed E-state index contributed by atoms with van der Waals surface area (Å²) in [6.07, 6.45) is 4.25. The SMILES string of the molecule is C=CCc1ccc(OC(=O)C2CCNCC2)c(OC)c1. The summed E-state index contributed by atoms with van der Waals surface area (Å²) < 4.78 is 10.8. The van der Waals surface area contributed by atoms with Gasteiger partial charge in [-0.25, -0.2) is 0 Å². The number of nitrogens with one attached hydrogen (secondary N) is 1. The van der Waals surface area contributed by atoms with Gasteiger partial charge in [0.1, 0.15) is 0 Å². The van der Waals surface area contributed by atoms with Gasteiger partial charge < -0.3 is 14.8 Å². The summed E-state index contributed by atoms with van der Waals surface area (Å²) in [5, 5.41) is 3.24. The molecule has 0 radical (unpaired) electrons. The molecule has 1 aliphatic rings. The Balaban J connectivity index is 2.07. The molecular weight excluding hydrogens is 254 g/mol. The second-order valence-electron chi connectivity index (χ2n) is 4.92. The molecule has 0 unspecified atom stereocenters. The number of carbonyl (C=O) groups excluding carboxylic acids is 1. The van der Waals surface area contributed by atoms with Gasteiger partial charge >= 0.3 is 5.97 Å². The minimum atomic E-state index is -0.165. The molecule has 1 aromatic rings. The highest BCUT2D eigenvalue weighted by molar-refractivity contribution is 5.76. The average Bonchev–Trinajstić information content (AvgIpc) is 2.50. The molecule has 1 N–H and O–H groups in total. The lowest BCUT2D eigenvalue weighted by Gasteiger charge is -2.21. The van der Waals surface area contributed by atoms with Crippen LogP contribution in [0.4, 0.5) is 0 Å². The van der Waals surface area contributed by atoms with E-state index in [1.165, 1.54) is 0 Å². The van der Waals surface area contributed by atoms with Gasteiger partial charge in [-0.1, -0.05) is 12.1 Å². The fourth-order valence-electron chi connectivity index (χ4n) is 2.34. The zero-order valence-electron chi connectivity index (χ0n) is 11.9. The highest BCUT2D eigenvalue weighted by Crippen LogP contribution is 2.29. The van der Waals surface area contributed by atoms with Crippen molar-refractivity contribution in [2.75, 3.05) is 20.2 Å². The summed E-state index contributed by atoms with van der Waals surface area (Å²) in [7, 11) is 1.58. The Morgan fingerprint density at radius 1 is 1.40 bits per heavy atom. The molecule has 2 rings (SSSR count). The van der Waals surface area contributed by atoms with Crippen molar-refractivity contribution in [2.45, 2.75) is 19.3 Å². The van der Waals surface area contributed by atoms with E-state index in [0.717, 1.165) is 37.9 Å². The lowest BCUT2D eigenvalue weighted by atomic mass is 9.98. The summed E-state index contributed by atoms with van der Waals surface area (Å²) in [6.45, 7) is 5.45. The maximum absolute atomic E-state index is 12.1. The van der Waals surface area contributed by atoms with Gasteiger partial charge in [-0.3, -0.25) is 4.79 Å². The van der Waals surface area contributed by atoms with Gasteiger partial charge in [-0.05, 0) is 50.0 Å². The summed E-state index contributed by atoms with van der Waals surface area (Å²) in [5.74, 6) is 0.894. The molecule has 1 heterocycles. The second kappa shape index (κ2) is 7.10. The number of carbonyl (C=O) groups is 1. The van der Waals surface area contributed by atoms with Crippen LogP contribution in [0.1, 0.15) is 18.4 Å². The predicted molar refractivity (Wildman–Crippen MR) is 78.1 cm³/mol. The Labute approximate surface area is 119 Å². The monoisotopic (exact) mass is 275 g/mol. The first-order chi connectivity index (χ1) is 9.74. The second-order valence-corrected chi connectivity index (χ2v) is 4.92. The summed E-state index contributed by atoms with van der Waals surface area (Å²) in [4.78, 5) is 12.1. The molecule has 20 heavy (non-hydrogen) atoms. The summed E-state index contributed by atoms with van der Waals surface area (Å²) in [5.41, 5.74) is 1.08. The fraction of sp³-hybridized carbons (Fsp3) is 0.438. The van der Waals surface area contributed by atoms with Crippen LogP contribution >= 0.6 is 0 Å². The van der Waals surface area contributed by atoms with E-state index in [0.29, 0.717) is 11.5 Å². The summed E-state index contributed by atoms with van der Waals surface area (Å²) >= 11 is 0. The number of hydrogen-bond acceptors (Lipinski definition) is 4. The molecule has 1 aromatic carbocycles. The minimum Gasteiger partial charge on any atom is -0.493 e. The first-order valence-electron chi connectivity index (χ1n) is 6.95. The number of rotatable bonds is 5. The molecule has 0 spiro atoms. The minimum absolute atomic E-state index is 0.0196. The maximum Gasteiger partial charge on any atom is 0.314 e. The fourth-order valence-corrected chi connectivity index (χ4v) is 2.34. The van der Waals surface area contributed by atoms with Crippen LogP contribution in [0.3, 0.4) is 0 Å². The van der Waals surface area contributed by atoms with Gasteiger partial charge in [0.05, 0.1) is 13.0 Å². The van der Waals surface area contributed by atoms with Crippen molar-refractivity contribution in [1.82, 2.24) is 5.32 Å². The third kappa shape index (κ3) is 3.61. The zero-order valence-corrected chi connectivity index (χ0v) is 11.9. The van der Waals surface area contributed by atoms with Gasteiger partial charge in [-0.15, -0.1) is 6.58 Å². The Bertz CT molecular complexity index is 479. The van der Waals surface area contributed by atoms with Crippen molar-refractivity contribution < 1.29 is 14.3 Å². The predicted octanol–water partition coefficient (Wildman–Crippen LogP) is 2.33. The lowest BCUT2D eigenvalue weighted by molar-refractivity contribution is -0.139. The van der Waals surface area contributed by atoms with Crippen molar-refractivity contribution in [2.24, 2.45) is 5.92 Å². The molecule has 1 aliphatic heterocycles. The van der Waals surface area contributed by atoms with E-state index in [9.17, 15) is 4.79 Å². The van der Waals surface area contributed by atoms with Gasteiger partial charge in [0.2, 0.25) is 0 Å². The number of methoxy groups -OCH3 is 1. The van der Waals surface area contributed by atoms with Gasteiger partial charge in [0.25, 0.3) is 0 Å². The van der Waals surface area contributed by atoms with E-state index in [1.807, 2.05) is 18.2 Å². The Morgan fingerprint density at radius 2 is 2.15 bits per heavy atom. The lowest BCUT2D eigenvalue weighted by Crippen LogP contribution is -2.33. The van der Waals surface area contributed by atoms with Crippen LogP contribution < -0.4 is 14.8 Å². The number of esters is 1. The van der Waals surface area contributed by atoms with Crippen molar-refractivity contribution in [3.05, 3.63) is 36.4 Å². The normalized spacial score (nSPS) is 15.7. The molecule has 0 saturated carbocycles. The van der Waals surface area contributed by atoms with Crippen LogP contribution in [-0.4, -0.2) is 26.2 Å². The van der Waals surface area contributed by atoms with Crippen LogP contribution in [0.2, 0.25) is 0 Å². The number of piperidine rings is 1. The quantitative estimate of drug-likeness (QED) is 0.509. The molecule has 0 bridgehead atoms. The van der Waals surface area contributed by atoms with Crippen LogP contribution in [0.15, 0.2) is 30.9 Å². The first-order valence-corrected chi connectivity index (χ1v) is 6.95. The number of hydrogen-bond donors (Lipinski definition) is 1. The Hall–Kier alpha value is -1.81. The topological polar surface area (TPSA) is 47.6 Å². The van der Waals surface area contributed by atoms with Gasteiger partial charge in [0, 0.05) is 0 Å². The van der Waals surface area contributed by atoms with Crippen LogP contribution in [0.5, 0.6) is 11.5 Å². The Morgan fingerprint density at radius 3 is 2.80 bits per heavy atom. The van der Waals surface area contributed by atoms with Crippen molar-refractivity contribution in [3.8, 4) is 11.5 Å². The van der Waals surface area contributed by atoms with E-state index in [2.05, 4.69) is 11.9 Å². The standard InChI is InChI=1S/C16H21NO3/c1-3-4-12-5-6-14(15(11-12)19-2)20-16(18)13-7-9-17-10-8-13/h3,5-6,11,13,17H,1,4,7-10H2,2H3. The molecule has 0 atom stereocenters. The highest BCUT2D eigenvalue weighted by atomic mass is 16.6. The molecule has 1 fully saturated rings. The van der Waals surface area contributed by atoms with Gasteiger partial charge in [-0.2, -0.15) is 0 Å². The smallest absolute Gasteiger partial charge is 0.314 e. The van der Waals surface area contributed by atoms with Crippen molar-refractivity contribution >= 4 is 5.97 Å². The maximum atomic E-state index is 12.1. The molecular formula is C16H21NO3. The third-order valence-corrected chi connectivity index (χ3v) is 3.49. The zero-order chi connectivity index (χ0) is 14.4. The summed E-state index contributed by atoms with van der Waals surface area (Å²) in [6, 6.07) is 5.60. The van der Waals surface area contributed by atoms with E-state index in [-0.39, 0.29) is 11.9 Å². The molecule has 1 saturated heterocycles. The molecule has 108 valence electrons. The Kier molecular flexibility index (Phi) is 5.18. The van der Waals surface area contributed by atoms with Crippen molar-refractivity contribution in [3.63, 3.8) is 0 Å². The molecule has 0 amide bonds. The third-order valence-electron chi connectivity index (χ3n) is 3.49. The first kappa shape index (κ1) is 14.6. The van der Waals surface area contributed by atoms with Crippen LogP contribution in [0.25, 0.3) is 0 Å².